The molecule has 2 aromatic carbocycles. The molecule has 4 nitrogen and oxygen atoms in total. The lowest BCUT2D eigenvalue weighted by molar-refractivity contribution is -0.147. The zero-order valence-electron chi connectivity index (χ0n) is 11.8. The first-order chi connectivity index (χ1) is 10.6. The summed E-state index contributed by atoms with van der Waals surface area (Å²) in [7, 11) is 0. The van der Waals surface area contributed by atoms with Gasteiger partial charge in [-0.3, -0.25) is 4.79 Å². The molecule has 2 unspecified atom stereocenters. The molecule has 1 aliphatic heterocycles. The predicted molar refractivity (Wildman–Crippen MR) is 81.0 cm³/mol. The molecule has 0 aliphatic carbocycles. The fourth-order valence-corrected chi connectivity index (χ4v) is 2.39. The maximum atomic E-state index is 11.5. The molecule has 1 N–H and O–H groups in total. The van der Waals surface area contributed by atoms with E-state index < -0.39 is 24.0 Å². The molecule has 0 amide bonds. The van der Waals surface area contributed by atoms with Crippen LogP contribution in [-0.2, 0) is 14.3 Å². The number of ether oxygens (including phenoxy) is 1. The molecule has 22 heavy (non-hydrogen) atoms. The van der Waals surface area contributed by atoms with Crippen LogP contribution in [-0.4, -0.2) is 29.1 Å². The van der Waals surface area contributed by atoms with Gasteiger partial charge in [0.2, 0.25) is 11.9 Å². The minimum Gasteiger partial charge on any atom is -0.452 e. The summed E-state index contributed by atoms with van der Waals surface area (Å²) in [4.78, 5) is 22.5. The second kappa shape index (κ2) is 6.00. The monoisotopic (exact) mass is 294 g/mol. The van der Waals surface area contributed by atoms with E-state index in [4.69, 9.17) is 4.74 Å². The molecule has 4 heteroatoms. The van der Waals surface area contributed by atoms with E-state index in [0.717, 1.165) is 16.3 Å². The molecule has 0 spiro atoms. The van der Waals surface area contributed by atoms with Crippen LogP contribution >= 0.6 is 0 Å². The normalized spacial score (nSPS) is 20.6. The highest BCUT2D eigenvalue weighted by atomic mass is 16.6. The van der Waals surface area contributed by atoms with Gasteiger partial charge >= 0.3 is 5.97 Å². The Balaban J connectivity index is 1.63. The number of carbonyl (C=O) groups excluding carboxylic acids is 2. The van der Waals surface area contributed by atoms with Gasteiger partial charge in [-0.1, -0.05) is 42.2 Å². The van der Waals surface area contributed by atoms with Crippen LogP contribution in [0.1, 0.15) is 18.4 Å². The molecule has 0 bridgehead atoms. The highest BCUT2D eigenvalue weighted by molar-refractivity contribution is 6.08. The summed E-state index contributed by atoms with van der Waals surface area (Å²) in [5.41, 5.74) is 0.897. The van der Waals surface area contributed by atoms with E-state index in [-0.39, 0.29) is 0 Å². The lowest BCUT2D eigenvalue weighted by Crippen LogP contribution is -2.24. The van der Waals surface area contributed by atoms with Gasteiger partial charge in [0.1, 0.15) is 0 Å². The van der Waals surface area contributed by atoms with E-state index in [0.29, 0.717) is 12.8 Å². The quantitative estimate of drug-likeness (QED) is 0.521. The van der Waals surface area contributed by atoms with Gasteiger partial charge in [0.05, 0.1) is 0 Å². The minimum absolute atomic E-state index is 0.308. The Labute approximate surface area is 127 Å². The summed E-state index contributed by atoms with van der Waals surface area (Å²) in [6.45, 7) is 0. The van der Waals surface area contributed by atoms with Crippen molar-refractivity contribution < 1.29 is 19.4 Å². The van der Waals surface area contributed by atoms with Crippen molar-refractivity contribution in [3.8, 4) is 11.8 Å². The number of rotatable bonds is 2. The highest BCUT2D eigenvalue weighted by Crippen LogP contribution is 2.16. The Morgan fingerprint density at radius 2 is 1.86 bits per heavy atom. The van der Waals surface area contributed by atoms with Crippen LogP contribution in [0.3, 0.4) is 0 Å². The number of fused-ring (bicyclic) bond motifs is 1. The van der Waals surface area contributed by atoms with Gasteiger partial charge < -0.3 is 9.84 Å². The van der Waals surface area contributed by atoms with Crippen molar-refractivity contribution in [2.75, 3.05) is 0 Å². The number of esters is 1. The number of carbonyl (C=O) groups is 2. The fraction of sp³-hybridized carbons (Fsp3) is 0.222. The summed E-state index contributed by atoms with van der Waals surface area (Å²) in [5.74, 6) is 4.57. The average molecular weight is 294 g/mol. The maximum Gasteiger partial charge on any atom is 0.343 e. The molecule has 1 aliphatic rings. The molecule has 1 heterocycles. The fourth-order valence-electron chi connectivity index (χ4n) is 2.39. The van der Waals surface area contributed by atoms with Gasteiger partial charge in [-0.15, -0.1) is 0 Å². The van der Waals surface area contributed by atoms with E-state index in [1.165, 1.54) is 0 Å². The summed E-state index contributed by atoms with van der Waals surface area (Å²) in [5, 5.41) is 11.5. The molecule has 3 rings (SSSR count). The Bertz CT molecular complexity index is 797. The minimum atomic E-state index is -1.63. The van der Waals surface area contributed by atoms with Gasteiger partial charge in [-0.25, -0.2) is 4.79 Å². The summed E-state index contributed by atoms with van der Waals surface area (Å²) < 4.78 is 4.79. The van der Waals surface area contributed by atoms with Crippen LogP contribution in [0.5, 0.6) is 0 Å². The summed E-state index contributed by atoms with van der Waals surface area (Å²) in [6, 6.07) is 14.0. The average Bonchev–Trinajstić information content (AvgIpc) is 2.78. The van der Waals surface area contributed by atoms with Crippen LogP contribution in [0, 0.1) is 11.8 Å². The summed E-state index contributed by atoms with van der Waals surface area (Å²) in [6.07, 6.45) is -1.77. The van der Waals surface area contributed by atoms with E-state index >= 15 is 0 Å². The molecule has 2 atom stereocenters. The van der Waals surface area contributed by atoms with E-state index in [9.17, 15) is 14.7 Å². The van der Waals surface area contributed by atoms with Gasteiger partial charge in [0.15, 0.2) is 6.10 Å². The number of hydrogen-bond donors (Lipinski definition) is 1. The molecule has 0 aromatic heterocycles. The molecular weight excluding hydrogens is 280 g/mol. The Hall–Kier alpha value is -2.64. The number of Topliss-reactive ketones (excluding diaryl/α,β-unsaturated/α-hetero) is 1. The third kappa shape index (κ3) is 2.85. The molecule has 1 saturated heterocycles. The maximum absolute atomic E-state index is 11.5. The molecule has 1 fully saturated rings. The largest absolute Gasteiger partial charge is 0.452 e. The standard InChI is InChI=1S/C18H14O4/c19-16-15(22-18(21)17(16)20)8-4-1-5-12-9-10-13-6-2-3-7-14(13)11-12/h2-3,6-7,9-11,15,17,20H,4,8H2. The third-order valence-corrected chi connectivity index (χ3v) is 3.58. The molecule has 0 radical (unpaired) electrons. The number of ketones is 1. The van der Waals surface area contributed by atoms with Crippen LogP contribution in [0.25, 0.3) is 10.8 Å². The van der Waals surface area contributed by atoms with E-state index in [2.05, 4.69) is 11.8 Å². The van der Waals surface area contributed by atoms with Gasteiger partial charge in [-0.2, -0.15) is 0 Å². The lowest BCUT2D eigenvalue weighted by atomic mass is 10.1. The van der Waals surface area contributed by atoms with Crippen molar-refractivity contribution in [1.29, 1.82) is 0 Å². The van der Waals surface area contributed by atoms with Crippen molar-refractivity contribution in [1.82, 2.24) is 0 Å². The van der Waals surface area contributed by atoms with E-state index in [1.807, 2.05) is 42.5 Å². The Morgan fingerprint density at radius 1 is 1.09 bits per heavy atom. The van der Waals surface area contributed by atoms with Gasteiger partial charge in [-0.05, 0) is 22.9 Å². The smallest absolute Gasteiger partial charge is 0.343 e. The number of benzene rings is 2. The number of cyclic esters (lactones) is 1. The van der Waals surface area contributed by atoms with Crippen molar-refractivity contribution in [3.05, 3.63) is 48.0 Å². The second-order valence-corrected chi connectivity index (χ2v) is 5.13. The number of aliphatic hydroxyl groups excluding tert-OH is 1. The SMILES string of the molecule is O=C1OC(CCC#Cc2ccc3ccccc3c2)C(=O)C1O. The van der Waals surface area contributed by atoms with Crippen molar-refractivity contribution in [2.45, 2.75) is 25.0 Å². The number of hydrogen-bond acceptors (Lipinski definition) is 4. The summed E-state index contributed by atoms with van der Waals surface area (Å²) >= 11 is 0. The lowest BCUT2D eigenvalue weighted by Gasteiger charge is -2.03. The molecular formula is C18H14O4. The van der Waals surface area contributed by atoms with Gasteiger partial charge in [0.25, 0.3) is 0 Å². The van der Waals surface area contributed by atoms with Gasteiger partial charge in [0, 0.05) is 18.4 Å². The zero-order chi connectivity index (χ0) is 15.5. The van der Waals surface area contributed by atoms with Crippen molar-refractivity contribution >= 4 is 22.5 Å². The predicted octanol–water partition coefficient (Wildman–Crippen LogP) is 1.83. The van der Waals surface area contributed by atoms with Crippen molar-refractivity contribution in [3.63, 3.8) is 0 Å². The van der Waals surface area contributed by atoms with Crippen LogP contribution in [0.2, 0.25) is 0 Å². The van der Waals surface area contributed by atoms with Crippen molar-refractivity contribution in [2.24, 2.45) is 0 Å². The Kier molecular flexibility index (Phi) is 3.90. The Morgan fingerprint density at radius 3 is 2.59 bits per heavy atom. The van der Waals surface area contributed by atoms with E-state index in [1.54, 1.807) is 0 Å². The third-order valence-electron chi connectivity index (χ3n) is 3.58. The first-order valence-electron chi connectivity index (χ1n) is 7.05. The van der Waals surface area contributed by atoms with Crippen LogP contribution in [0.4, 0.5) is 0 Å². The first kappa shape index (κ1) is 14.3. The zero-order valence-corrected chi connectivity index (χ0v) is 11.8. The molecule has 110 valence electrons. The van der Waals surface area contributed by atoms with Crippen LogP contribution < -0.4 is 0 Å². The second-order valence-electron chi connectivity index (χ2n) is 5.13. The number of aliphatic hydroxyl groups is 1. The first-order valence-corrected chi connectivity index (χ1v) is 7.05. The molecule has 0 saturated carbocycles. The highest BCUT2D eigenvalue weighted by Gasteiger charge is 2.41. The molecule has 2 aromatic rings. The van der Waals surface area contributed by atoms with Crippen LogP contribution in [0.15, 0.2) is 42.5 Å². The topological polar surface area (TPSA) is 63.6 Å².